The summed E-state index contributed by atoms with van der Waals surface area (Å²) in [6, 6.07) is 13.4. The molecule has 0 radical (unpaired) electrons. The summed E-state index contributed by atoms with van der Waals surface area (Å²) < 4.78 is 0. The first-order valence-electron chi connectivity index (χ1n) is 5.33. The number of nitrogens with two attached hydrogens (primary N) is 1. The van der Waals surface area contributed by atoms with Crippen LogP contribution in [0.15, 0.2) is 53.7 Å². The summed E-state index contributed by atoms with van der Waals surface area (Å²) in [4.78, 5) is 8.32. The van der Waals surface area contributed by atoms with Crippen LogP contribution in [0.25, 0.3) is 0 Å². The number of guanidine groups is 1. The SMILES string of the molecule is Cc1ccc(N=C(N)Nc2ccccc2)nc1.Cl. The van der Waals surface area contributed by atoms with Gasteiger partial charge in [0, 0.05) is 11.9 Å². The van der Waals surface area contributed by atoms with Crippen LogP contribution in [0.5, 0.6) is 0 Å². The van der Waals surface area contributed by atoms with Crippen molar-refractivity contribution in [1.82, 2.24) is 4.98 Å². The number of aryl methyl sites for hydroxylation is 1. The van der Waals surface area contributed by atoms with Crippen LogP contribution in [0.2, 0.25) is 0 Å². The molecule has 0 amide bonds. The van der Waals surface area contributed by atoms with Crippen molar-refractivity contribution in [2.24, 2.45) is 10.7 Å². The molecule has 94 valence electrons. The lowest BCUT2D eigenvalue weighted by Gasteiger charge is -2.04. The molecule has 1 aromatic heterocycles. The molecule has 0 saturated carbocycles. The Labute approximate surface area is 112 Å². The van der Waals surface area contributed by atoms with Crippen LogP contribution in [-0.4, -0.2) is 10.9 Å². The van der Waals surface area contributed by atoms with Crippen molar-refractivity contribution in [3.63, 3.8) is 0 Å². The number of para-hydroxylation sites is 1. The molecule has 5 heteroatoms. The van der Waals surface area contributed by atoms with Crippen molar-refractivity contribution < 1.29 is 0 Å². The summed E-state index contributed by atoms with van der Waals surface area (Å²) in [6.07, 6.45) is 1.76. The molecule has 0 aliphatic carbocycles. The van der Waals surface area contributed by atoms with Crippen LogP contribution < -0.4 is 11.1 Å². The zero-order valence-electron chi connectivity index (χ0n) is 10.00. The zero-order chi connectivity index (χ0) is 12.1. The minimum atomic E-state index is 0. The van der Waals surface area contributed by atoms with Crippen LogP contribution in [-0.2, 0) is 0 Å². The second-order valence-corrected chi connectivity index (χ2v) is 3.68. The van der Waals surface area contributed by atoms with Gasteiger partial charge in [0.2, 0.25) is 0 Å². The Bertz CT molecular complexity index is 508. The zero-order valence-corrected chi connectivity index (χ0v) is 10.8. The first-order valence-corrected chi connectivity index (χ1v) is 5.33. The first-order chi connectivity index (χ1) is 8.24. The molecule has 3 N–H and O–H groups in total. The number of nitrogens with zero attached hydrogens (tertiary/aromatic N) is 2. The van der Waals surface area contributed by atoms with E-state index in [9.17, 15) is 0 Å². The van der Waals surface area contributed by atoms with Gasteiger partial charge in [-0.3, -0.25) is 0 Å². The van der Waals surface area contributed by atoms with Crippen molar-refractivity contribution in [3.8, 4) is 0 Å². The third kappa shape index (κ3) is 4.07. The van der Waals surface area contributed by atoms with Gasteiger partial charge in [-0.15, -0.1) is 12.4 Å². The summed E-state index contributed by atoms with van der Waals surface area (Å²) in [7, 11) is 0. The van der Waals surface area contributed by atoms with Gasteiger partial charge >= 0.3 is 0 Å². The highest BCUT2D eigenvalue weighted by Crippen LogP contribution is 2.09. The molecule has 1 heterocycles. The van der Waals surface area contributed by atoms with Crippen molar-refractivity contribution in [2.75, 3.05) is 5.32 Å². The Hall–Kier alpha value is -2.07. The monoisotopic (exact) mass is 262 g/mol. The maximum atomic E-state index is 5.77. The number of hydrogen-bond donors (Lipinski definition) is 2. The van der Waals surface area contributed by atoms with E-state index in [1.54, 1.807) is 6.20 Å². The lowest BCUT2D eigenvalue weighted by molar-refractivity contribution is 1.23. The van der Waals surface area contributed by atoms with Crippen molar-refractivity contribution in [2.45, 2.75) is 6.92 Å². The number of halogens is 1. The predicted molar refractivity (Wildman–Crippen MR) is 77.6 cm³/mol. The predicted octanol–water partition coefficient (Wildman–Crippen LogP) is 2.87. The van der Waals surface area contributed by atoms with Gasteiger partial charge in [-0.2, -0.15) is 4.99 Å². The van der Waals surface area contributed by atoms with Gasteiger partial charge in [0.25, 0.3) is 0 Å². The van der Waals surface area contributed by atoms with E-state index < -0.39 is 0 Å². The highest BCUT2D eigenvalue weighted by Gasteiger charge is 1.95. The Morgan fingerprint density at radius 2 is 1.89 bits per heavy atom. The largest absolute Gasteiger partial charge is 0.369 e. The fourth-order valence-corrected chi connectivity index (χ4v) is 1.35. The van der Waals surface area contributed by atoms with Crippen LogP contribution in [0.3, 0.4) is 0 Å². The molecule has 18 heavy (non-hydrogen) atoms. The number of aromatic nitrogens is 1. The van der Waals surface area contributed by atoms with E-state index in [-0.39, 0.29) is 12.4 Å². The molecular formula is C13H15ClN4. The molecular weight excluding hydrogens is 248 g/mol. The molecule has 0 unspecified atom stereocenters. The quantitative estimate of drug-likeness (QED) is 0.646. The van der Waals surface area contributed by atoms with Gasteiger partial charge in [0.15, 0.2) is 11.8 Å². The summed E-state index contributed by atoms with van der Waals surface area (Å²) in [5.74, 6) is 0.920. The number of benzene rings is 1. The molecule has 2 rings (SSSR count). The van der Waals surface area contributed by atoms with Gasteiger partial charge in [-0.05, 0) is 30.7 Å². The second-order valence-electron chi connectivity index (χ2n) is 3.68. The topological polar surface area (TPSA) is 63.3 Å². The smallest absolute Gasteiger partial charge is 0.199 e. The third-order valence-corrected chi connectivity index (χ3v) is 2.18. The molecule has 0 aliphatic rings. The fraction of sp³-hybridized carbons (Fsp3) is 0.0769. The lowest BCUT2D eigenvalue weighted by atomic mass is 10.3. The number of aliphatic imine (C=N–C) groups is 1. The summed E-state index contributed by atoms with van der Waals surface area (Å²) in [6.45, 7) is 1.98. The van der Waals surface area contributed by atoms with E-state index >= 15 is 0 Å². The average molecular weight is 263 g/mol. The van der Waals surface area contributed by atoms with Crippen LogP contribution in [0, 0.1) is 6.92 Å². The van der Waals surface area contributed by atoms with Crippen LogP contribution in [0.4, 0.5) is 11.5 Å². The van der Waals surface area contributed by atoms with Gasteiger partial charge in [-0.25, -0.2) is 4.98 Å². The fourth-order valence-electron chi connectivity index (χ4n) is 1.35. The van der Waals surface area contributed by atoms with E-state index in [0.29, 0.717) is 11.8 Å². The van der Waals surface area contributed by atoms with Crippen molar-refractivity contribution in [1.29, 1.82) is 0 Å². The first kappa shape index (κ1) is 14.0. The molecule has 0 spiro atoms. The van der Waals surface area contributed by atoms with E-state index in [4.69, 9.17) is 5.73 Å². The van der Waals surface area contributed by atoms with Gasteiger partial charge in [0.1, 0.15) is 0 Å². The second kappa shape index (κ2) is 6.61. The number of pyridine rings is 1. The standard InChI is InChI=1S/C13H14N4.ClH/c1-10-7-8-12(15-9-10)17-13(14)16-11-5-3-2-4-6-11;/h2-9H,1H3,(H3,14,15,16,17);1H. The molecule has 0 atom stereocenters. The number of nitrogens with one attached hydrogen (secondary N) is 1. The minimum Gasteiger partial charge on any atom is -0.369 e. The Balaban J connectivity index is 0.00000162. The van der Waals surface area contributed by atoms with E-state index in [2.05, 4.69) is 15.3 Å². The highest BCUT2D eigenvalue weighted by atomic mass is 35.5. The number of anilines is 1. The third-order valence-electron chi connectivity index (χ3n) is 2.18. The minimum absolute atomic E-state index is 0. The molecule has 4 nitrogen and oxygen atoms in total. The summed E-state index contributed by atoms with van der Waals surface area (Å²) >= 11 is 0. The Morgan fingerprint density at radius 3 is 2.50 bits per heavy atom. The van der Waals surface area contributed by atoms with Crippen LogP contribution >= 0.6 is 12.4 Å². The van der Waals surface area contributed by atoms with Crippen LogP contribution in [0.1, 0.15) is 5.56 Å². The van der Waals surface area contributed by atoms with Gasteiger partial charge in [0.05, 0.1) is 0 Å². The average Bonchev–Trinajstić information content (AvgIpc) is 2.33. The molecule has 1 aromatic carbocycles. The maximum Gasteiger partial charge on any atom is 0.199 e. The van der Waals surface area contributed by atoms with Gasteiger partial charge < -0.3 is 11.1 Å². The lowest BCUT2D eigenvalue weighted by Crippen LogP contribution is -2.21. The normalized spacial score (nSPS) is 10.6. The number of hydrogen-bond acceptors (Lipinski definition) is 2. The highest BCUT2D eigenvalue weighted by molar-refractivity contribution is 5.93. The summed E-state index contributed by atoms with van der Waals surface area (Å²) in [5, 5.41) is 2.99. The molecule has 0 bridgehead atoms. The van der Waals surface area contributed by atoms with E-state index in [1.165, 1.54) is 0 Å². The Morgan fingerprint density at radius 1 is 1.17 bits per heavy atom. The van der Waals surface area contributed by atoms with E-state index in [1.807, 2.05) is 49.4 Å². The molecule has 0 fully saturated rings. The molecule has 0 aliphatic heterocycles. The van der Waals surface area contributed by atoms with E-state index in [0.717, 1.165) is 11.3 Å². The summed E-state index contributed by atoms with van der Waals surface area (Å²) in [5.41, 5.74) is 7.77. The Kier molecular flexibility index (Phi) is 5.14. The molecule has 0 saturated heterocycles. The van der Waals surface area contributed by atoms with Crippen molar-refractivity contribution >= 4 is 29.9 Å². The van der Waals surface area contributed by atoms with Gasteiger partial charge in [-0.1, -0.05) is 24.3 Å². The molecule has 2 aromatic rings. The van der Waals surface area contributed by atoms with Crippen molar-refractivity contribution in [3.05, 3.63) is 54.2 Å². The number of rotatable bonds is 2. The maximum absolute atomic E-state index is 5.77.